The first-order valence-corrected chi connectivity index (χ1v) is 6.89. The molecule has 3 N–H and O–H groups in total. The van der Waals surface area contributed by atoms with E-state index in [2.05, 4.69) is 27.3 Å². The summed E-state index contributed by atoms with van der Waals surface area (Å²) < 4.78 is 6.39. The van der Waals surface area contributed by atoms with Gasteiger partial charge in [-0.05, 0) is 23.8 Å². The van der Waals surface area contributed by atoms with E-state index in [0.29, 0.717) is 6.54 Å². The van der Waals surface area contributed by atoms with Crippen molar-refractivity contribution < 1.29 is 4.74 Å². The lowest BCUT2D eigenvalue weighted by Gasteiger charge is -2.21. The minimum atomic E-state index is 0.0341. The number of hydrogen-bond donors (Lipinski definition) is 2. The number of nitrogens with one attached hydrogen (secondary N) is 1. The first-order valence-electron chi connectivity index (χ1n) is 6.10. The summed E-state index contributed by atoms with van der Waals surface area (Å²) in [5.74, 6) is 0.813. The number of rotatable bonds is 5. The molecule has 2 rings (SSSR count). The third kappa shape index (κ3) is 3.28. The van der Waals surface area contributed by atoms with E-state index < -0.39 is 0 Å². The van der Waals surface area contributed by atoms with Crippen LogP contribution in [-0.4, -0.2) is 13.7 Å². The maximum absolute atomic E-state index is 5.89. The van der Waals surface area contributed by atoms with Crippen LogP contribution < -0.4 is 15.8 Å². The summed E-state index contributed by atoms with van der Waals surface area (Å²) in [7, 11) is 1.66. The average Bonchev–Trinajstić information content (AvgIpc) is 2.46. The predicted molar refractivity (Wildman–Crippen MR) is 82.6 cm³/mol. The summed E-state index contributed by atoms with van der Waals surface area (Å²) in [5.41, 5.74) is 7.96. The first-order chi connectivity index (χ1) is 9.26. The second-order valence-corrected chi connectivity index (χ2v) is 5.01. The molecule has 1 atom stereocenters. The Bertz CT molecular complexity index is 545. The van der Waals surface area contributed by atoms with E-state index in [1.165, 1.54) is 0 Å². The largest absolute Gasteiger partial charge is 0.495 e. The van der Waals surface area contributed by atoms with Crippen molar-refractivity contribution in [3.63, 3.8) is 0 Å². The lowest BCUT2D eigenvalue weighted by molar-refractivity contribution is 0.416. The highest BCUT2D eigenvalue weighted by Crippen LogP contribution is 2.30. The number of anilines is 1. The van der Waals surface area contributed by atoms with Gasteiger partial charge in [-0.2, -0.15) is 0 Å². The Balaban J connectivity index is 2.27. The lowest BCUT2D eigenvalue weighted by Crippen LogP contribution is -2.21. The Morgan fingerprint density at radius 3 is 2.53 bits per heavy atom. The minimum absolute atomic E-state index is 0.0341. The van der Waals surface area contributed by atoms with E-state index in [0.717, 1.165) is 21.5 Å². The smallest absolute Gasteiger partial charge is 0.141 e. The van der Waals surface area contributed by atoms with Gasteiger partial charge in [-0.25, -0.2) is 0 Å². The van der Waals surface area contributed by atoms with Crippen molar-refractivity contribution in [3.05, 3.63) is 58.6 Å². The Labute approximate surface area is 121 Å². The first kappa shape index (κ1) is 13.9. The van der Waals surface area contributed by atoms with Gasteiger partial charge in [0.05, 0.1) is 18.8 Å². The quantitative estimate of drug-likeness (QED) is 0.885. The van der Waals surface area contributed by atoms with Crippen LogP contribution in [0, 0.1) is 0 Å². The minimum Gasteiger partial charge on any atom is -0.495 e. The molecule has 0 bridgehead atoms. The van der Waals surface area contributed by atoms with Crippen LogP contribution in [-0.2, 0) is 0 Å². The fourth-order valence-electron chi connectivity index (χ4n) is 1.97. The molecule has 2 aromatic carbocycles. The van der Waals surface area contributed by atoms with Crippen LogP contribution in [0.2, 0.25) is 0 Å². The lowest BCUT2D eigenvalue weighted by atomic mass is 10.1. The SMILES string of the molecule is COc1ccccc1NC(CN)c1ccccc1Br. The molecule has 0 spiro atoms. The number of ether oxygens (including phenoxy) is 1. The summed E-state index contributed by atoms with van der Waals surface area (Å²) in [6, 6.07) is 15.9. The molecule has 0 saturated heterocycles. The number of hydrogen-bond acceptors (Lipinski definition) is 3. The fraction of sp³-hybridized carbons (Fsp3) is 0.200. The molecule has 0 radical (unpaired) electrons. The van der Waals surface area contributed by atoms with E-state index in [9.17, 15) is 0 Å². The van der Waals surface area contributed by atoms with Crippen molar-refractivity contribution in [2.75, 3.05) is 19.0 Å². The molecule has 19 heavy (non-hydrogen) atoms. The molecule has 3 nitrogen and oxygen atoms in total. The Morgan fingerprint density at radius 2 is 1.84 bits per heavy atom. The molecule has 0 aromatic heterocycles. The molecule has 0 fully saturated rings. The topological polar surface area (TPSA) is 47.3 Å². The van der Waals surface area contributed by atoms with Crippen LogP contribution in [0.15, 0.2) is 53.0 Å². The van der Waals surface area contributed by atoms with Crippen LogP contribution in [0.25, 0.3) is 0 Å². The Morgan fingerprint density at radius 1 is 1.16 bits per heavy atom. The monoisotopic (exact) mass is 320 g/mol. The number of benzene rings is 2. The van der Waals surface area contributed by atoms with E-state index in [1.54, 1.807) is 7.11 Å². The fourth-order valence-corrected chi connectivity index (χ4v) is 2.53. The van der Waals surface area contributed by atoms with Crippen molar-refractivity contribution in [3.8, 4) is 5.75 Å². The molecule has 0 amide bonds. The maximum atomic E-state index is 5.89. The van der Waals surface area contributed by atoms with E-state index in [-0.39, 0.29) is 6.04 Å². The van der Waals surface area contributed by atoms with Gasteiger partial charge in [-0.3, -0.25) is 0 Å². The number of halogens is 1. The summed E-state index contributed by atoms with van der Waals surface area (Å²) in [5, 5.41) is 3.43. The molecule has 0 aliphatic heterocycles. The number of nitrogens with two attached hydrogens (primary N) is 1. The van der Waals surface area contributed by atoms with Gasteiger partial charge in [0.25, 0.3) is 0 Å². The number of methoxy groups -OCH3 is 1. The number of para-hydroxylation sites is 2. The highest BCUT2D eigenvalue weighted by molar-refractivity contribution is 9.10. The van der Waals surface area contributed by atoms with Gasteiger partial charge in [0, 0.05) is 11.0 Å². The van der Waals surface area contributed by atoms with Gasteiger partial charge >= 0.3 is 0 Å². The van der Waals surface area contributed by atoms with Gasteiger partial charge in [-0.15, -0.1) is 0 Å². The van der Waals surface area contributed by atoms with Gasteiger partial charge in [0.2, 0.25) is 0 Å². The maximum Gasteiger partial charge on any atom is 0.141 e. The van der Waals surface area contributed by atoms with E-state index in [4.69, 9.17) is 10.5 Å². The van der Waals surface area contributed by atoms with Gasteiger partial charge in [0.1, 0.15) is 5.75 Å². The van der Waals surface area contributed by atoms with Gasteiger partial charge < -0.3 is 15.8 Å². The van der Waals surface area contributed by atoms with Crippen molar-refractivity contribution >= 4 is 21.6 Å². The van der Waals surface area contributed by atoms with Crippen LogP contribution in [0.3, 0.4) is 0 Å². The van der Waals surface area contributed by atoms with Gasteiger partial charge in [-0.1, -0.05) is 46.3 Å². The molecule has 0 aliphatic rings. The molecule has 1 unspecified atom stereocenters. The summed E-state index contributed by atoms with van der Waals surface area (Å²) >= 11 is 3.56. The second kappa shape index (κ2) is 6.59. The molecule has 4 heteroatoms. The Kier molecular flexibility index (Phi) is 4.82. The molecular weight excluding hydrogens is 304 g/mol. The van der Waals surface area contributed by atoms with E-state index >= 15 is 0 Å². The van der Waals surface area contributed by atoms with Gasteiger partial charge in [0.15, 0.2) is 0 Å². The van der Waals surface area contributed by atoms with Crippen LogP contribution >= 0.6 is 15.9 Å². The molecule has 0 aliphatic carbocycles. The van der Waals surface area contributed by atoms with Crippen molar-refractivity contribution in [1.82, 2.24) is 0 Å². The van der Waals surface area contributed by atoms with Crippen molar-refractivity contribution in [1.29, 1.82) is 0 Å². The third-order valence-corrected chi connectivity index (χ3v) is 3.68. The van der Waals surface area contributed by atoms with Crippen LogP contribution in [0.4, 0.5) is 5.69 Å². The zero-order chi connectivity index (χ0) is 13.7. The molecule has 100 valence electrons. The average molecular weight is 321 g/mol. The molecule has 0 saturated carbocycles. The normalized spacial score (nSPS) is 11.9. The van der Waals surface area contributed by atoms with E-state index in [1.807, 2.05) is 42.5 Å². The van der Waals surface area contributed by atoms with Crippen molar-refractivity contribution in [2.45, 2.75) is 6.04 Å². The molecule has 2 aromatic rings. The van der Waals surface area contributed by atoms with Crippen LogP contribution in [0.1, 0.15) is 11.6 Å². The van der Waals surface area contributed by atoms with Crippen molar-refractivity contribution in [2.24, 2.45) is 5.73 Å². The Hall–Kier alpha value is -1.52. The summed E-state index contributed by atoms with van der Waals surface area (Å²) in [6.07, 6.45) is 0. The highest BCUT2D eigenvalue weighted by atomic mass is 79.9. The zero-order valence-corrected chi connectivity index (χ0v) is 12.4. The summed E-state index contributed by atoms with van der Waals surface area (Å²) in [6.45, 7) is 0.501. The summed E-state index contributed by atoms with van der Waals surface area (Å²) in [4.78, 5) is 0. The molecule has 0 heterocycles. The third-order valence-electron chi connectivity index (χ3n) is 2.95. The zero-order valence-electron chi connectivity index (χ0n) is 10.8. The second-order valence-electron chi connectivity index (χ2n) is 4.15. The standard InChI is InChI=1S/C15H17BrN2O/c1-19-15-9-5-4-8-13(15)18-14(10-17)11-6-2-3-7-12(11)16/h2-9,14,18H,10,17H2,1H3. The highest BCUT2D eigenvalue weighted by Gasteiger charge is 2.14. The van der Waals surface area contributed by atoms with Crippen LogP contribution in [0.5, 0.6) is 5.75 Å². The predicted octanol–water partition coefficient (Wildman–Crippen LogP) is 3.57. The molecular formula is C15H17BrN2O.